The molecular weight excluding hydrogens is 727 g/mol. The first kappa shape index (κ1) is 33.4. The second kappa shape index (κ2) is 13.3. The van der Waals surface area contributed by atoms with Crippen molar-refractivity contribution in [3.05, 3.63) is 141 Å². The Balaban J connectivity index is 1.24. The maximum Gasteiger partial charge on any atom is 0.264 e. The van der Waals surface area contributed by atoms with Crippen molar-refractivity contribution in [1.82, 2.24) is 15.0 Å². The molecule has 5 atom stereocenters. The lowest BCUT2D eigenvalue weighted by atomic mass is 9.63. The van der Waals surface area contributed by atoms with E-state index in [4.69, 9.17) is 9.47 Å². The van der Waals surface area contributed by atoms with Gasteiger partial charge in [0.2, 0.25) is 0 Å². The summed E-state index contributed by atoms with van der Waals surface area (Å²) in [5.41, 5.74) is 3.79. The minimum Gasteiger partial charge on any atom is -0.497 e. The predicted octanol–water partition coefficient (Wildman–Crippen LogP) is 7.43. The molecule has 2 aliphatic rings. The summed E-state index contributed by atoms with van der Waals surface area (Å²) in [4.78, 5) is 16.8. The highest BCUT2D eigenvalue weighted by molar-refractivity contribution is 14.1. The van der Waals surface area contributed by atoms with Gasteiger partial charge in [-0.2, -0.15) is 0 Å². The van der Waals surface area contributed by atoms with Crippen molar-refractivity contribution in [1.29, 1.82) is 0 Å². The van der Waals surface area contributed by atoms with Gasteiger partial charge in [0.05, 0.1) is 31.6 Å². The van der Waals surface area contributed by atoms with Crippen LogP contribution in [0, 0.1) is 15.4 Å². The van der Waals surface area contributed by atoms with Gasteiger partial charge in [0.25, 0.3) is 5.91 Å². The molecule has 2 aliphatic heterocycles. The van der Waals surface area contributed by atoms with Gasteiger partial charge in [-0.1, -0.05) is 98.8 Å². The number of hydrogen-bond acceptors (Lipinski definition) is 6. The SMILES string of the molecule is COc1ccc(C(C)(C)[C@H]2[C@H](CCn3cc([C@H](O)c4ccccc4)nn3)O[C@@]3(C(=O)N(Cc4cccc(I)c4)c4ccccc43)[C@@H]2C)cc1. The predicted molar refractivity (Wildman–Crippen MR) is 197 cm³/mol. The van der Waals surface area contributed by atoms with E-state index in [1.807, 2.05) is 71.6 Å². The number of aliphatic hydroxyl groups is 1. The summed E-state index contributed by atoms with van der Waals surface area (Å²) >= 11 is 2.32. The van der Waals surface area contributed by atoms with Crippen LogP contribution >= 0.6 is 22.6 Å². The third-order valence-electron chi connectivity index (χ3n) is 10.6. The van der Waals surface area contributed by atoms with Crippen molar-refractivity contribution in [2.75, 3.05) is 12.0 Å². The van der Waals surface area contributed by atoms with E-state index in [9.17, 15) is 9.90 Å². The number of aliphatic hydroxyl groups excluding tert-OH is 1. The highest BCUT2D eigenvalue weighted by atomic mass is 127. The van der Waals surface area contributed by atoms with Gasteiger partial charge >= 0.3 is 0 Å². The number of aryl methyl sites for hydroxylation is 1. The molecule has 0 saturated carbocycles. The Kier molecular flexibility index (Phi) is 9.10. The van der Waals surface area contributed by atoms with Crippen LogP contribution in [0.15, 0.2) is 109 Å². The number of rotatable bonds is 10. The molecule has 1 aromatic heterocycles. The molecule has 4 aromatic carbocycles. The molecule has 7 rings (SSSR count). The number of halogens is 1. The second-order valence-electron chi connectivity index (χ2n) is 13.7. The second-order valence-corrected chi connectivity index (χ2v) is 14.9. The normalized spacial score (nSPS) is 22.4. The Hall–Kier alpha value is -4.06. The maximum absolute atomic E-state index is 14.9. The fourth-order valence-corrected chi connectivity index (χ4v) is 8.73. The van der Waals surface area contributed by atoms with Crippen molar-refractivity contribution >= 4 is 34.2 Å². The molecule has 0 aliphatic carbocycles. The van der Waals surface area contributed by atoms with Gasteiger partial charge in [0.15, 0.2) is 5.60 Å². The number of amides is 1. The fraction of sp³-hybridized carbons (Fsp3) is 0.325. The van der Waals surface area contributed by atoms with E-state index in [2.05, 4.69) is 90.1 Å². The average Bonchev–Trinajstić information content (AvgIpc) is 3.78. The molecule has 1 amide bonds. The molecule has 0 bridgehead atoms. The third kappa shape index (κ3) is 5.95. The van der Waals surface area contributed by atoms with Crippen LogP contribution in [-0.4, -0.2) is 39.2 Å². The van der Waals surface area contributed by atoms with Gasteiger partial charge in [-0.05, 0) is 81.4 Å². The zero-order chi connectivity index (χ0) is 34.3. The third-order valence-corrected chi connectivity index (χ3v) is 11.2. The van der Waals surface area contributed by atoms with E-state index >= 15 is 0 Å². The van der Waals surface area contributed by atoms with E-state index in [0.717, 1.165) is 37.3 Å². The van der Waals surface area contributed by atoms with Gasteiger partial charge in [-0.15, -0.1) is 5.10 Å². The number of aromatic nitrogens is 3. The summed E-state index contributed by atoms with van der Waals surface area (Å²) in [6.07, 6.45) is 1.25. The van der Waals surface area contributed by atoms with Crippen LogP contribution in [0.1, 0.15) is 61.2 Å². The topological polar surface area (TPSA) is 89.7 Å². The Labute approximate surface area is 301 Å². The van der Waals surface area contributed by atoms with Crippen LogP contribution in [0.5, 0.6) is 5.75 Å². The maximum atomic E-state index is 14.9. The largest absolute Gasteiger partial charge is 0.497 e. The minimum absolute atomic E-state index is 0.0212. The van der Waals surface area contributed by atoms with Crippen molar-refractivity contribution in [2.45, 2.75) is 63.5 Å². The van der Waals surface area contributed by atoms with Crippen LogP contribution in [0.4, 0.5) is 5.69 Å². The molecule has 252 valence electrons. The number of ether oxygens (including phenoxy) is 2. The van der Waals surface area contributed by atoms with Crippen molar-refractivity contribution in [2.24, 2.45) is 11.8 Å². The first-order valence-electron chi connectivity index (χ1n) is 16.7. The molecule has 1 saturated heterocycles. The smallest absolute Gasteiger partial charge is 0.264 e. The first-order valence-corrected chi connectivity index (χ1v) is 17.8. The van der Waals surface area contributed by atoms with Crippen molar-refractivity contribution in [3.8, 4) is 5.75 Å². The summed E-state index contributed by atoms with van der Waals surface area (Å²) in [5, 5.41) is 19.6. The van der Waals surface area contributed by atoms with Crippen LogP contribution in [0.25, 0.3) is 0 Å². The summed E-state index contributed by atoms with van der Waals surface area (Å²) < 4.78 is 15.6. The van der Waals surface area contributed by atoms with Gasteiger partial charge in [-0.25, -0.2) is 0 Å². The number of carbonyl (C=O) groups excluding carboxylic acids is 1. The molecule has 1 spiro atoms. The Bertz CT molecular complexity index is 1950. The molecule has 0 radical (unpaired) electrons. The lowest BCUT2D eigenvalue weighted by Gasteiger charge is -2.38. The molecule has 49 heavy (non-hydrogen) atoms. The quantitative estimate of drug-likeness (QED) is 0.149. The average molecular weight is 769 g/mol. The standard InChI is InChI=1S/C40H41IN4O4/c1-26-36(39(2,3)29-17-19-31(48-4)20-18-29)35(21-22-44-25-33(42-43-44)37(46)28-12-6-5-7-13-28)49-40(26)32-15-8-9-16-34(32)45(38(40)47)24-27-11-10-14-30(41)23-27/h5-20,23,25-26,35-37,46H,21-22,24H2,1-4H3/t26-,35+,36-,37-,40+/m1/s1. The zero-order valence-electron chi connectivity index (χ0n) is 28.2. The number of para-hydroxylation sites is 1. The van der Waals surface area contributed by atoms with E-state index in [1.165, 1.54) is 0 Å². The Morgan fingerprint density at radius 2 is 1.73 bits per heavy atom. The summed E-state index contributed by atoms with van der Waals surface area (Å²) in [6, 6.07) is 34.1. The lowest BCUT2D eigenvalue weighted by molar-refractivity contribution is -0.146. The van der Waals surface area contributed by atoms with E-state index in [1.54, 1.807) is 18.0 Å². The molecule has 9 heteroatoms. The van der Waals surface area contributed by atoms with E-state index in [-0.39, 0.29) is 29.3 Å². The molecular formula is C40H41IN4O4. The molecule has 5 aromatic rings. The number of methoxy groups -OCH3 is 1. The number of carbonyl (C=O) groups is 1. The van der Waals surface area contributed by atoms with Gasteiger partial charge in [0, 0.05) is 27.5 Å². The zero-order valence-corrected chi connectivity index (χ0v) is 30.3. The van der Waals surface area contributed by atoms with Crippen LogP contribution < -0.4 is 9.64 Å². The van der Waals surface area contributed by atoms with Gasteiger partial charge in [-0.3, -0.25) is 9.48 Å². The van der Waals surface area contributed by atoms with Crippen LogP contribution in [0.2, 0.25) is 0 Å². The first-order chi connectivity index (χ1) is 23.6. The van der Waals surface area contributed by atoms with E-state index < -0.39 is 11.7 Å². The fourth-order valence-electron chi connectivity index (χ4n) is 8.13. The molecule has 0 unspecified atom stereocenters. The highest BCUT2D eigenvalue weighted by Crippen LogP contribution is 2.59. The Morgan fingerprint density at radius 1 is 1.00 bits per heavy atom. The number of anilines is 1. The van der Waals surface area contributed by atoms with Gasteiger partial charge in [0.1, 0.15) is 17.5 Å². The molecule has 3 heterocycles. The summed E-state index contributed by atoms with van der Waals surface area (Å²) in [6.45, 7) is 7.67. The van der Waals surface area contributed by atoms with Crippen molar-refractivity contribution in [3.63, 3.8) is 0 Å². The number of benzene rings is 4. The summed E-state index contributed by atoms with van der Waals surface area (Å²) in [7, 11) is 1.67. The molecule has 1 N–H and O–H groups in total. The van der Waals surface area contributed by atoms with Crippen LogP contribution in [-0.2, 0) is 33.6 Å². The number of nitrogens with zero attached hydrogens (tertiary/aromatic N) is 4. The van der Waals surface area contributed by atoms with Crippen molar-refractivity contribution < 1.29 is 19.4 Å². The Morgan fingerprint density at radius 3 is 2.47 bits per heavy atom. The molecule has 8 nitrogen and oxygen atoms in total. The van der Waals surface area contributed by atoms with Crippen LogP contribution in [0.3, 0.4) is 0 Å². The lowest BCUT2D eigenvalue weighted by Crippen LogP contribution is -2.45. The van der Waals surface area contributed by atoms with Gasteiger partial charge < -0.3 is 19.5 Å². The minimum atomic E-state index is -1.14. The summed E-state index contributed by atoms with van der Waals surface area (Å²) in [5.74, 6) is 0.588. The number of hydrogen-bond donors (Lipinski definition) is 1. The number of fused-ring (bicyclic) bond motifs is 2. The van der Waals surface area contributed by atoms with E-state index in [0.29, 0.717) is 25.2 Å². The monoisotopic (exact) mass is 768 g/mol. The molecule has 1 fully saturated rings. The highest BCUT2D eigenvalue weighted by Gasteiger charge is 2.65.